The summed E-state index contributed by atoms with van der Waals surface area (Å²) in [4.78, 5) is 70.9. The number of rotatable bonds is 10. The number of nitrogens with two attached hydrogens (primary N) is 3. The fourth-order valence-corrected chi connectivity index (χ4v) is 2.77. The van der Waals surface area contributed by atoms with E-state index in [9.17, 15) is 28.8 Å². The van der Waals surface area contributed by atoms with Crippen LogP contribution in [0.3, 0.4) is 0 Å². The molecule has 156 valence electrons. The van der Waals surface area contributed by atoms with Crippen LogP contribution in [0.4, 0.5) is 0 Å². The molecular formula is C15H24N6O7. The van der Waals surface area contributed by atoms with Crippen LogP contribution in [0, 0.1) is 0 Å². The van der Waals surface area contributed by atoms with Gasteiger partial charge in [0.1, 0.15) is 18.6 Å². The smallest absolute Gasteiger partial charge is 0.322 e. The highest BCUT2D eigenvalue weighted by atomic mass is 16.4. The molecule has 0 bridgehead atoms. The van der Waals surface area contributed by atoms with Crippen molar-refractivity contribution in [2.45, 2.75) is 43.8 Å². The summed E-state index contributed by atoms with van der Waals surface area (Å²) < 4.78 is 0. The number of primary amides is 2. The van der Waals surface area contributed by atoms with Crippen molar-refractivity contribution in [1.82, 2.24) is 15.5 Å². The quantitative estimate of drug-likeness (QED) is 0.210. The number of nitrogens with one attached hydrogen (secondary N) is 2. The molecule has 0 radical (unpaired) electrons. The monoisotopic (exact) mass is 400 g/mol. The molecule has 28 heavy (non-hydrogen) atoms. The third-order valence-electron chi connectivity index (χ3n) is 4.03. The third-order valence-corrected chi connectivity index (χ3v) is 4.03. The van der Waals surface area contributed by atoms with Gasteiger partial charge in [-0.2, -0.15) is 0 Å². The maximum Gasteiger partial charge on any atom is 0.322 e. The van der Waals surface area contributed by atoms with Gasteiger partial charge in [0.15, 0.2) is 0 Å². The summed E-state index contributed by atoms with van der Waals surface area (Å²) in [5.74, 6) is -5.24. The van der Waals surface area contributed by atoms with Gasteiger partial charge in [0.05, 0.1) is 18.9 Å². The average Bonchev–Trinajstić information content (AvgIpc) is 3.06. The molecule has 0 aliphatic carbocycles. The lowest BCUT2D eigenvalue weighted by Crippen LogP contribution is -2.57. The standard InChI is InChI=1S/C15H24N6O7/c16-7(4-10(17)22)13(26)20-8(5-11(18)23)15(28)21-3-1-2-9(21)14(27)19-6-12(24)25/h7-9H,1-6,16H2,(H2,17,22)(H2,18,23)(H,19,27)(H,20,26)(H,24,25). The highest BCUT2D eigenvalue weighted by molar-refractivity contribution is 5.97. The molecule has 1 aliphatic heterocycles. The maximum atomic E-state index is 12.8. The number of hydrogen-bond donors (Lipinski definition) is 6. The zero-order chi connectivity index (χ0) is 21.4. The van der Waals surface area contributed by atoms with Gasteiger partial charge < -0.3 is 37.8 Å². The fraction of sp³-hybridized carbons (Fsp3) is 0.600. The van der Waals surface area contributed by atoms with Crippen molar-refractivity contribution in [3.63, 3.8) is 0 Å². The number of carboxylic acid groups (broad SMARTS) is 1. The van der Waals surface area contributed by atoms with Gasteiger partial charge in [-0.3, -0.25) is 28.8 Å². The molecule has 3 atom stereocenters. The van der Waals surface area contributed by atoms with E-state index < -0.39 is 73.0 Å². The lowest BCUT2D eigenvalue weighted by molar-refractivity contribution is -0.143. The van der Waals surface area contributed by atoms with Gasteiger partial charge in [-0.05, 0) is 12.8 Å². The van der Waals surface area contributed by atoms with Crippen LogP contribution >= 0.6 is 0 Å². The summed E-state index contributed by atoms with van der Waals surface area (Å²) in [7, 11) is 0. The van der Waals surface area contributed by atoms with Crippen LogP contribution in [-0.2, 0) is 28.8 Å². The van der Waals surface area contributed by atoms with Crippen molar-refractivity contribution >= 4 is 35.5 Å². The summed E-state index contributed by atoms with van der Waals surface area (Å²) in [5.41, 5.74) is 15.6. The van der Waals surface area contributed by atoms with Crippen LogP contribution in [0.15, 0.2) is 0 Å². The molecule has 0 aromatic heterocycles. The summed E-state index contributed by atoms with van der Waals surface area (Å²) in [6.45, 7) is -0.441. The molecule has 0 aromatic rings. The predicted octanol–water partition coefficient (Wildman–Crippen LogP) is -4.26. The van der Waals surface area contributed by atoms with E-state index in [1.807, 2.05) is 0 Å². The molecule has 1 heterocycles. The van der Waals surface area contributed by atoms with Crippen LogP contribution in [-0.4, -0.2) is 76.7 Å². The minimum atomic E-state index is -1.39. The van der Waals surface area contributed by atoms with Crippen molar-refractivity contribution in [2.75, 3.05) is 13.1 Å². The van der Waals surface area contributed by atoms with Gasteiger partial charge >= 0.3 is 5.97 Å². The van der Waals surface area contributed by atoms with Crippen molar-refractivity contribution in [3.8, 4) is 0 Å². The largest absolute Gasteiger partial charge is 0.480 e. The highest BCUT2D eigenvalue weighted by Crippen LogP contribution is 2.19. The first kappa shape index (κ1) is 22.8. The SMILES string of the molecule is NC(=O)CC(N)C(=O)NC(CC(N)=O)C(=O)N1CCCC1C(=O)NCC(=O)O. The fourth-order valence-electron chi connectivity index (χ4n) is 2.77. The lowest BCUT2D eigenvalue weighted by Gasteiger charge is -2.28. The van der Waals surface area contributed by atoms with Crippen LogP contribution in [0.1, 0.15) is 25.7 Å². The highest BCUT2D eigenvalue weighted by Gasteiger charge is 2.38. The van der Waals surface area contributed by atoms with Crippen LogP contribution < -0.4 is 27.8 Å². The molecule has 13 heteroatoms. The Morgan fingerprint density at radius 1 is 1.07 bits per heavy atom. The van der Waals surface area contributed by atoms with Gasteiger partial charge in [-0.15, -0.1) is 0 Å². The van der Waals surface area contributed by atoms with E-state index in [0.29, 0.717) is 6.42 Å². The Morgan fingerprint density at radius 2 is 1.68 bits per heavy atom. The topological polar surface area (TPSA) is 228 Å². The van der Waals surface area contributed by atoms with Gasteiger partial charge in [0.25, 0.3) is 0 Å². The maximum absolute atomic E-state index is 12.8. The second-order valence-corrected chi connectivity index (χ2v) is 6.31. The molecule has 1 rings (SSSR count). The Balaban J connectivity index is 2.88. The van der Waals surface area contributed by atoms with E-state index in [1.54, 1.807) is 0 Å². The molecule has 3 unspecified atom stereocenters. The molecule has 9 N–H and O–H groups in total. The van der Waals surface area contributed by atoms with Gasteiger partial charge in [-0.1, -0.05) is 0 Å². The molecule has 1 aliphatic rings. The van der Waals surface area contributed by atoms with Gasteiger partial charge in [-0.25, -0.2) is 0 Å². The Kier molecular flexibility index (Phi) is 8.31. The number of aliphatic carboxylic acids is 1. The Morgan fingerprint density at radius 3 is 2.21 bits per heavy atom. The number of carbonyl (C=O) groups is 6. The third kappa shape index (κ3) is 6.83. The van der Waals surface area contributed by atoms with E-state index in [2.05, 4.69) is 10.6 Å². The van der Waals surface area contributed by atoms with Crippen LogP contribution in [0.5, 0.6) is 0 Å². The van der Waals surface area contributed by atoms with Crippen molar-refractivity contribution in [2.24, 2.45) is 17.2 Å². The summed E-state index contributed by atoms with van der Waals surface area (Å²) in [6, 6.07) is -3.66. The molecule has 1 saturated heterocycles. The van der Waals surface area contributed by atoms with Crippen molar-refractivity contribution in [3.05, 3.63) is 0 Å². The average molecular weight is 400 g/mol. The lowest BCUT2D eigenvalue weighted by atomic mass is 10.1. The van der Waals surface area contributed by atoms with E-state index in [0.717, 1.165) is 4.90 Å². The summed E-state index contributed by atoms with van der Waals surface area (Å²) in [6.07, 6.45) is -0.258. The number of carbonyl (C=O) groups excluding carboxylic acids is 5. The van der Waals surface area contributed by atoms with Crippen LogP contribution in [0.2, 0.25) is 0 Å². The Labute approximate surface area is 159 Å². The van der Waals surface area contributed by atoms with Gasteiger partial charge in [0, 0.05) is 6.54 Å². The summed E-state index contributed by atoms with van der Waals surface area (Å²) in [5, 5.41) is 13.1. The number of likely N-dealkylation sites (tertiary alicyclic amines) is 1. The molecule has 13 nitrogen and oxygen atoms in total. The molecular weight excluding hydrogens is 376 g/mol. The molecule has 0 saturated carbocycles. The minimum Gasteiger partial charge on any atom is -0.480 e. The zero-order valence-corrected chi connectivity index (χ0v) is 15.1. The number of carboxylic acids is 1. The summed E-state index contributed by atoms with van der Waals surface area (Å²) >= 11 is 0. The first-order valence-electron chi connectivity index (χ1n) is 8.45. The predicted molar refractivity (Wildman–Crippen MR) is 92.9 cm³/mol. The first-order valence-corrected chi connectivity index (χ1v) is 8.45. The zero-order valence-electron chi connectivity index (χ0n) is 15.1. The molecule has 0 spiro atoms. The van der Waals surface area contributed by atoms with E-state index in [4.69, 9.17) is 22.3 Å². The number of nitrogens with zero attached hydrogens (tertiary/aromatic N) is 1. The van der Waals surface area contributed by atoms with Crippen molar-refractivity contribution in [1.29, 1.82) is 0 Å². The Bertz CT molecular complexity index is 667. The van der Waals surface area contributed by atoms with Crippen LogP contribution in [0.25, 0.3) is 0 Å². The van der Waals surface area contributed by atoms with E-state index >= 15 is 0 Å². The second kappa shape index (κ2) is 10.2. The Hall–Kier alpha value is -3.22. The molecule has 5 amide bonds. The van der Waals surface area contributed by atoms with Crippen molar-refractivity contribution < 1.29 is 33.9 Å². The molecule has 0 aromatic carbocycles. The number of hydrogen-bond acceptors (Lipinski definition) is 7. The molecule has 1 fully saturated rings. The first-order chi connectivity index (χ1) is 13.0. The van der Waals surface area contributed by atoms with Gasteiger partial charge in [0.2, 0.25) is 29.5 Å². The van der Waals surface area contributed by atoms with E-state index in [-0.39, 0.29) is 13.0 Å². The minimum absolute atomic E-state index is 0.169. The number of amides is 5. The van der Waals surface area contributed by atoms with E-state index in [1.165, 1.54) is 0 Å². The normalized spacial score (nSPS) is 18.0. The second-order valence-electron chi connectivity index (χ2n) is 6.31.